The number of rotatable bonds is 7. The minimum Gasteiger partial charge on any atom is -0.368 e. The highest BCUT2D eigenvalue weighted by atomic mass is 19.1. The van der Waals surface area contributed by atoms with Crippen LogP contribution < -0.4 is 11.1 Å². The molecule has 7 heteroatoms. The van der Waals surface area contributed by atoms with Gasteiger partial charge in [-0.05, 0) is 43.7 Å². The molecule has 0 spiro atoms. The van der Waals surface area contributed by atoms with Crippen LogP contribution in [0.25, 0.3) is 0 Å². The van der Waals surface area contributed by atoms with Crippen molar-refractivity contribution in [3.05, 3.63) is 71.8 Å². The van der Waals surface area contributed by atoms with Gasteiger partial charge in [-0.2, -0.15) is 15.0 Å². The molecule has 0 aliphatic heterocycles. The summed E-state index contributed by atoms with van der Waals surface area (Å²) < 4.78 is 13.1. The van der Waals surface area contributed by atoms with E-state index in [1.807, 2.05) is 18.2 Å². The van der Waals surface area contributed by atoms with Crippen molar-refractivity contribution in [1.29, 1.82) is 0 Å². The van der Waals surface area contributed by atoms with Crippen LogP contribution in [-0.2, 0) is 13.1 Å². The predicted octanol–water partition coefficient (Wildman–Crippen LogP) is 3.75. The summed E-state index contributed by atoms with van der Waals surface area (Å²) in [5.74, 6) is 0.766. The van der Waals surface area contributed by atoms with Crippen molar-refractivity contribution in [3.8, 4) is 0 Å². The van der Waals surface area contributed by atoms with Crippen LogP contribution in [0, 0.1) is 5.82 Å². The van der Waals surface area contributed by atoms with Crippen LogP contribution in [0.1, 0.15) is 25.2 Å². The third kappa shape index (κ3) is 5.46. The Labute approximate surface area is 158 Å². The van der Waals surface area contributed by atoms with Crippen LogP contribution in [0.3, 0.4) is 0 Å². The van der Waals surface area contributed by atoms with Crippen LogP contribution in [0.4, 0.5) is 22.0 Å². The van der Waals surface area contributed by atoms with Crippen molar-refractivity contribution >= 4 is 17.6 Å². The minimum atomic E-state index is -0.301. The van der Waals surface area contributed by atoms with E-state index in [2.05, 4.69) is 51.1 Å². The smallest absolute Gasteiger partial charge is 0.232 e. The largest absolute Gasteiger partial charge is 0.368 e. The molecule has 140 valence electrons. The molecule has 0 saturated carbocycles. The zero-order valence-corrected chi connectivity index (χ0v) is 15.4. The number of nitrogens with one attached hydrogen (secondary N) is 1. The average molecular weight is 366 g/mol. The molecule has 1 aromatic heterocycles. The Hall–Kier alpha value is -3.06. The second-order valence-electron chi connectivity index (χ2n) is 6.55. The molecule has 1 heterocycles. The third-order valence-electron chi connectivity index (χ3n) is 4.10. The molecule has 6 nitrogen and oxygen atoms in total. The molecule has 3 aromatic rings. The average Bonchev–Trinajstić information content (AvgIpc) is 2.63. The zero-order valence-electron chi connectivity index (χ0n) is 15.4. The van der Waals surface area contributed by atoms with E-state index >= 15 is 0 Å². The number of hydrogen-bond acceptors (Lipinski definition) is 6. The molecule has 0 amide bonds. The summed E-state index contributed by atoms with van der Waals surface area (Å²) in [6.45, 7) is 5.58. The second-order valence-corrected chi connectivity index (χ2v) is 6.55. The molecule has 0 aliphatic rings. The fourth-order valence-corrected chi connectivity index (χ4v) is 2.65. The van der Waals surface area contributed by atoms with Crippen LogP contribution in [0.2, 0.25) is 0 Å². The molecule has 0 unspecified atom stereocenters. The summed E-state index contributed by atoms with van der Waals surface area (Å²) in [7, 11) is 0. The Bertz CT molecular complexity index is 867. The number of nitrogen functional groups attached to an aromatic ring is 1. The molecular weight excluding hydrogens is 343 g/mol. The van der Waals surface area contributed by atoms with E-state index in [4.69, 9.17) is 5.73 Å². The topological polar surface area (TPSA) is 80.0 Å². The van der Waals surface area contributed by atoms with E-state index in [1.54, 1.807) is 12.1 Å². The van der Waals surface area contributed by atoms with Crippen molar-refractivity contribution in [2.75, 3.05) is 11.1 Å². The van der Waals surface area contributed by atoms with E-state index in [1.165, 1.54) is 17.7 Å². The lowest BCUT2D eigenvalue weighted by atomic mass is 10.2. The maximum Gasteiger partial charge on any atom is 0.232 e. The summed E-state index contributed by atoms with van der Waals surface area (Å²) in [6.07, 6.45) is 0. The summed E-state index contributed by atoms with van der Waals surface area (Å²) >= 11 is 0. The second kappa shape index (κ2) is 8.55. The van der Waals surface area contributed by atoms with Gasteiger partial charge in [0.05, 0.1) is 6.54 Å². The van der Waals surface area contributed by atoms with Crippen molar-refractivity contribution in [2.24, 2.45) is 0 Å². The molecule has 0 radical (unpaired) electrons. The predicted molar refractivity (Wildman–Crippen MR) is 105 cm³/mol. The van der Waals surface area contributed by atoms with Crippen LogP contribution in [0.5, 0.6) is 0 Å². The normalized spacial score (nSPS) is 11.1. The number of anilines is 3. The lowest BCUT2D eigenvalue weighted by molar-refractivity contribution is 0.198. The Morgan fingerprint density at radius 1 is 0.963 bits per heavy atom. The van der Waals surface area contributed by atoms with E-state index < -0.39 is 0 Å². The summed E-state index contributed by atoms with van der Waals surface area (Å²) in [6, 6.07) is 16.5. The molecule has 0 fully saturated rings. The van der Waals surface area contributed by atoms with Crippen molar-refractivity contribution in [1.82, 2.24) is 19.9 Å². The zero-order chi connectivity index (χ0) is 19.2. The Kier molecular flexibility index (Phi) is 5.93. The van der Waals surface area contributed by atoms with Crippen molar-refractivity contribution < 1.29 is 4.39 Å². The molecule has 0 saturated heterocycles. The molecule has 3 N–H and O–H groups in total. The standard InChI is InChI=1S/C20H23FN6/c1-14(2)27(12-15-6-4-3-5-7-15)13-18-24-19(22)26-20(25-18)23-17-10-8-16(21)9-11-17/h3-11,14H,12-13H2,1-2H3,(H3,22,23,24,25,26). The van der Waals surface area contributed by atoms with E-state index in [0.717, 1.165) is 6.54 Å². The molecule has 2 aromatic carbocycles. The third-order valence-corrected chi connectivity index (χ3v) is 4.10. The van der Waals surface area contributed by atoms with E-state index in [-0.39, 0.29) is 11.8 Å². The fraction of sp³-hybridized carbons (Fsp3) is 0.250. The van der Waals surface area contributed by atoms with Crippen LogP contribution >= 0.6 is 0 Å². The quantitative estimate of drug-likeness (QED) is 0.663. The van der Waals surface area contributed by atoms with Gasteiger partial charge in [0.2, 0.25) is 11.9 Å². The monoisotopic (exact) mass is 366 g/mol. The number of nitrogens with two attached hydrogens (primary N) is 1. The van der Waals surface area contributed by atoms with Gasteiger partial charge in [-0.1, -0.05) is 30.3 Å². The van der Waals surface area contributed by atoms with Crippen molar-refractivity contribution in [2.45, 2.75) is 33.0 Å². The minimum absolute atomic E-state index is 0.146. The van der Waals surface area contributed by atoms with Crippen LogP contribution in [-0.4, -0.2) is 25.9 Å². The Morgan fingerprint density at radius 3 is 2.33 bits per heavy atom. The van der Waals surface area contributed by atoms with Gasteiger partial charge in [-0.3, -0.25) is 4.90 Å². The summed E-state index contributed by atoms with van der Waals surface area (Å²) in [5.41, 5.74) is 7.76. The molecular formula is C20H23FN6. The summed E-state index contributed by atoms with van der Waals surface area (Å²) in [4.78, 5) is 15.1. The number of benzene rings is 2. The van der Waals surface area contributed by atoms with Crippen molar-refractivity contribution in [3.63, 3.8) is 0 Å². The van der Waals surface area contributed by atoms with E-state index in [0.29, 0.717) is 30.0 Å². The number of aromatic nitrogens is 3. The lowest BCUT2D eigenvalue weighted by Crippen LogP contribution is -2.31. The van der Waals surface area contributed by atoms with Gasteiger partial charge in [0.1, 0.15) is 11.6 Å². The molecule has 0 bridgehead atoms. The first-order valence-corrected chi connectivity index (χ1v) is 8.80. The molecule has 0 atom stereocenters. The highest BCUT2D eigenvalue weighted by molar-refractivity contribution is 5.53. The van der Waals surface area contributed by atoms with Gasteiger partial charge in [-0.25, -0.2) is 4.39 Å². The maximum atomic E-state index is 13.1. The summed E-state index contributed by atoms with van der Waals surface area (Å²) in [5, 5.41) is 3.04. The van der Waals surface area contributed by atoms with Gasteiger partial charge < -0.3 is 11.1 Å². The lowest BCUT2D eigenvalue weighted by Gasteiger charge is -2.25. The number of halogens is 1. The van der Waals surface area contributed by atoms with Crippen LogP contribution in [0.15, 0.2) is 54.6 Å². The molecule has 0 aliphatic carbocycles. The Morgan fingerprint density at radius 2 is 1.67 bits per heavy atom. The SMILES string of the molecule is CC(C)N(Cc1ccccc1)Cc1nc(N)nc(Nc2ccc(F)cc2)n1. The van der Waals surface area contributed by atoms with Gasteiger partial charge >= 0.3 is 0 Å². The van der Waals surface area contributed by atoms with Gasteiger partial charge in [0.15, 0.2) is 0 Å². The maximum absolute atomic E-state index is 13.1. The Balaban J connectivity index is 1.76. The highest BCUT2D eigenvalue weighted by Crippen LogP contribution is 2.16. The first-order valence-electron chi connectivity index (χ1n) is 8.80. The molecule has 27 heavy (non-hydrogen) atoms. The number of nitrogens with zero attached hydrogens (tertiary/aromatic N) is 4. The van der Waals surface area contributed by atoms with E-state index in [9.17, 15) is 4.39 Å². The van der Waals surface area contributed by atoms with Gasteiger partial charge in [0.25, 0.3) is 0 Å². The first kappa shape index (κ1) is 18.7. The van der Waals surface area contributed by atoms with Gasteiger partial charge in [0, 0.05) is 18.3 Å². The highest BCUT2D eigenvalue weighted by Gasteiger charge is 2.14. The van der Waals surface area contributed by atoms with Gasteiger partial charge in [-0.15, -0.1) is 0 Å². The number of hydrogen-bond donors (Lipinski definition) is 2. The fourth-order valence-electron chi connectivity index (χ4n) is 2.65. The molecule has 3 rings (SSSR count). The first-order chi connectivity index (χ1) is 13.0.